The van der Waals surface area contributed by atoms with E-state index in [-0.39, 0.29) is 5.57 Å². The second kappa shape index (κ2) is 5.34. The largest absolute Gasteiger partial charge is 0.466 e. The van der Waals surface area contributed by atoms with Crippen molar-refractivity contribution in [2.75, 3.05) is 7.11 Å². The minimum atomic E-state index is -1.15. The second-order valence-electron chi connectivity index (χ2n) is 3.09. The van der Waals surface area contributed by atoms with Gasteiger partial charge in [0.05, 0.1) is 22.7 Å². The lowest BCUT2D eigenvalue weighted by molar-refractivity contribution is -0.137. The maximum atomic E-state index is 11.1. The molecule has 0 aromatic heterocycles. The van der Waals surface area contributed by atoms with Gasteiger partial charge in [-0.25, -0.2) is 4.79 Å². The van der Waals surface area contributed by atoms with Gasteiger partial charge in [0.15, 0.2) is 0 Å². The molecule has 1 atom stereocenters. The molecule has 0 unspecified atom stereocenters. The molecule has 86 valence electrons. The van der Waals surface area contributed by atoms with Crippen molar-refractivity contribution in [3.05, 3.63) is 46.0 Å². The van der Waals surface area contributed by atoms with Crippen molar-refractivity contribution >= 4 is 29.2 Å². The van der Waals surface area contributed by atoms with Gasteiger partial charge in [0, 0.05) is 0 Å². The summed E-state index contributed by atoms with van der Waals surface area (Å²) in [7, 11) is 1.22. The Morgan fingerprint density at radius 1 is 1.44 bits per heavy atom. The van der Waals surface area contributed by atoms with Crippen LogP contribution in [0.2, 0.25) is 10.0 Å². The van der Waals surface area contributed by atoms with E-state index in [1.807, 2.05) is 0 Å². The highest BCUT2D eigenvalue weighted by Crippen LogP contribution is 2.28. The molecule has 0 fully saturated rings. The lowest BCUT2D eigenvalue weighted by Gasteiger charge is -2.12. The van der Waals surface area contributed by atoms with Gasteiger partial charge in [-0.05, 0) is 17.7 Å². The smallest absolute Gasteiger partial charge is 0.336 e. The normalized spacial score (nSPS) is 12.0. The van der Waals surface area contributed by atoms with E-state index in [1.165, 1.54) is 19.2 Å². The number of carbonyl (C=O) groups excluding carboxylic acids is 1. The van der Waals surface area contributed by atoms with Gasteiger partial charge < -0.3 is 9.84 Å². The van der Waals surface area contributed by atoms with Crippen LogP contribution in [0.5, 0.6) is 0 Å². The molecule has 1 aromatic carbocycles. The predicted octanol–water partition coefficient (Wildman–Crippen LogP) is 2.76. The van der Waals surface area contributed by atoms with Gasteiger partial charge in [0.1, 0.15) is 6.10 Å². The molecule has 0 saturated heterocycles. The molecule has 0 heterocycles. The molecule has 0 aliphatic heterocycles. The summed E-state index contributed by atoms with van der Waals surface area (Å²) in [5.74, 6) is -0.668. The number of methoxy groups -OCH3 is 1. The lowest BCUT2D eigenvalue weighted by Crippen LogP contribution is -2.11. The zero-order valence-electron chi connectivity index (χ0n) is 8.54. The average molecular weight is 261 g/mol. The van der Waals surface area contributed by atoms with E-state index in [4.69, 9.17) is 23.2 Å². The third kappa shape index (κ3) is 2.76. The summed E-state index contributed by atoms with van der Waals surface area (Å²) < 4.78 is 4.45. The molecule has 5 heteroatoms. The van der Waals surface area contributed by atoms with E-state index in [2.05, 4.69) is 11.3 Å². The van der Waals surface area contributed by atoms with E-state index in [1.54, 1.807) is 6.07 Å². The molecule has 0 saturated carbocycles. The summed E-state index contributed by atoms with van der Waals surface area (Å²) in [6, 6.07) is 4.57. The van der Waals surface area contributed by atoms with Crippen LogP contribution in [0.25, 0.3) is 0 Å². The van der Waals surface area contributed by atoms with Crippen molar-refractivity contribution in [1.82, 2.24) is 0 Å². The van der Waals surface area contributed by atoms with Crippen molar-refractivity contribution < 1.29 is 14.6 Å². The molecule has 0 aliphatic rings. The number of carbonyl (C=O) groups is 1. The molecule has 3 nitrogen and oxygen atoms in total. The summed E-state index contributed by atoms with van der Waals surface area (Å²) >= 11 is 11.5. The highest BCUT2D eigenvalue weighted by Gasteiger charge is 2.19. The second-order valence-corrected chi connectivity index (χ2v) is 3.91. The fourth-order valence-corrected chi connectivity index (χ4v) is 1.43. The molecule has 16 heavy (non-hydrogen) atoms. The van der Waals surface area contributed by atoms with Crippen LogP contribution in [-0.2, 0) is 9.53 Å². The Balaban J connectivity index is 2.96. The Labute approximate surface area is 103 Å². The Morgan fingerprint density at radius 2 is 2.06 bits per heavy atom. The summed E-state index contributed by atoms with van der Waals surface area (Å²) in [6.07, 6.45) is -1.15. The topological polar surface area (TPSA) is 46.5 Å². The van der Waals surface area contributed by atoms with Crippen LogP contribution in [0.4, 0.5) is 0 Å². The van der Waals surface area contributed by atoms with Crippen LogP contribution >= 0.6 is 23.2 Å². The predicted molar refractivity (Wildman–Crippen MR) is 62.6 cm³/mol. The molecule has 0 radical (unpaired) electrons. The lowest BCUT2D eigenvalue weighted by atomic mass is 10.0. The number of aliphatic hydroxyl groups excluding tert-OH is 1. The Kier molecular flexibility index (Phi) is 4.35. The van der Waals surface area contributed by atoms with E-state index in [0.717, 1.165) is 0 Å². The molecule has 0 aliphatic carbocycles. The van der Waals surface area contributed by atoms with Gasteiger partial charge in [0.2, 0.25) is 0 Å². The summed E-state index contributed by atoms with van der Waals surface area (Å²) in [5, 5.41) is 10.5. The first-order valence-corrected chi connectivity index (χ1v) is 5.13. The fraction of sp³-hybridized carbons (Fsp3) is 0.182. The molecule has 1 aromatic rings. The van der Waals surface area contributed by atoms with Crippen LogP contribution in [-0.4, -0.2) is 18.2 Å². The van der Waals surface area contributed by atoms with Gasteiger partial charge in [-0.2, -0.15) is 0 Å². The first-order chi connectivity index (χ1) is 7.47. The molecule has 1 N–H and O–H groups in total. The van der Waals surface area contributed by atoms with Crippen molar-refractivity contribution in [2.24, 2.45) is 0 Å². The summed E-state index contributed by atoms with van der Waals surface area (Å²) in [4.78, 5) is 11.1. The number of esters is 1. The van der Waals surface area contributed by atoms with Gasteiger partial charge >= 0.3 is 5.97 Å². The van der Waals surface area contributed by atoms with Crippen molar-refractivity contribution in [1.29, 1.82) is 0 Å². The van der Waals surface area contributed by atoms with Crippen LogP contribution in [0, 0.1) is 0 Å². The fourth-order valence-electron chi connectivity index (χ4n) is 1.13. The molecule has 1 rings (SSSR count). The highest BCUT2D eigenvalue weighted by atomic mass is 35.5. The number of ether oxygens (including phenoxy) is 1. The van der Waals surface area contributed by atoms with E-state index in [9.17, 15) is 9.90 Å². The molecular weight excluding hydrogens is 251 g/mol. The number of halogens is 2. The van der Waals surface area contributed by atoms with Crippen molar-refractivity contribution in [3.63, 3.8) is 0 Å². The highest BCUT2D eigenvalue weighted by molar-refractivity contribution is 6.42. The first-order valence-electron chi connectivity index (χ1n) is 4.37. The first kappa shape index (κ1) is 13.0. The monoisotopic (exact) mass is 260 g/mol. The molecular formula is C11H10Cl2O3. The van der Waals surface area contributed by atoms with Gasteiger partial charge in [-0.3, -0.25) is 0 Å². The van der Waals surface area contributed by atoms with Crippen LogP contribution in [0.3, 0.4) is 0 Å². The Bertz CT molecular complexity index is 429. The average Bonchev–Trinajstić information content (AvgIpc) is 2.29. The number of rotatable bonds is 3. The maximum Gasteiger partial charge on any atom is 0.336 e. The number of benzene rings is 1. The number of hydrogen-bond donors (Lipinski definition) is 1. The van der Waals surface area contributed by atoms with E-state index >= 15 is 0 Å². The van der Waals surface area contributed by atoms with E-state index < -0.39 is 12.1 Å². The quantitative estimate of drug-likeness (QED) is 0.672. The maximum absolute atomic E-state index is 11.1. The number of hydrogen-bond acceptors (Lipinski definition) is 3. The minimum Gasteiger partial charge on any atom is -0.466 e. The van der Waals surface area contributed by atoms with Crippen LogP contribution in [0.15, 0.2) is 30.4 Å². The number of aliphatic hydroxyl groups is 1. The third-order valence-corrected chi connectivity index (χ3v) is 2.78. The van der Waals surface area contributed by atoms with Gasteiger partial charge in [0.25, 0.3) is 0 Å². The summed E-state index contributed by atoms with van der Waals surface area (Å²) in [6.45, 7) is 3.45. The van der Waals surface area contributed by atoms with Gasteiger partial charge in [-0.1, -0.05) is 35.8 Å². The minimum absolute atomic E-state index is 0.0547. The van der Waals surface area contributed by atoms with E-state index in [0.29, 0.717) is 15.6 Å². The Morgan fingerprint density at radius 3 is 2.56 bits per heavy atom. The molecule has 0 bridgehead atoms. The Hall–Kier alpha value is -1.03. The zero-order chi connectivity index (χ0) is 12.3. The van der Waals surface area contributed by atoms with Crippen molar-refractivity contribution in [2.45, 2.75) is 6.10 Å². The van der Waals surface area contributed by atoms with Crippen LogP contribution in [0.1, 0.15) is 11.7 Å². The van der Waals surface area contributed by atoms with Crippen LogP contribution < -0.4 is 0 Å². The SMILES string of the molecule is C=C(C(=O)OC)[C@@H](O)c1ccc(Cl)c(Cl)c1. The third-order valence-electron chi connectivity index (χ3n) is 2.04. The zero-order valence-corrected chi connectivity index (χ0v) is 10.0. The summed E-state index contributed by atoms with van der Waals surface area (Å²) in [5.41, 5.74) is 0.380. The molecule has 0 spiro atoms. The van der Waals surface area contributed by atoms with Crippen molar-refractivity contribution in [3.8, 4) is 0 Å². The standard InChI is InChI=1S/C11H10Cl2O3/c1-6(11(15)16-2)10(14)7-3-4-8(12)9(13)5-7/h3-5,10,14H,1H2,2H3/t10-/m1/s1. The van der Waals surface area contributed by atoms with Gasteiger partial charge in [-0.15, -0.1) is 0 Å². The molecule has 0 amide bonds.